The average molecular weight is 600 g/mol. The minimum Gasteiger partial charge on any atom is -0.434 e. The molecule has 4 rings (SSSR count). The molecule has 1 aromatic carbocycles. The molecule has 0 radical (unpaired) electrons. The molecular weight excluding hydrogens is 549 g/mol. The molecular formula is C32H50FN7O3. The van der Waals surface area contributed by atoms with E-state index >= 15 is 0 Å². The quantitative estimate of drug-likeness (QED) is 0.341. The standard InChI is InChI=1S/C32H50FN7O3/c1-8-37(9-2)17-25(41)16-27(22(4)5)39-19-32(20-39)13-14-38(18-32)29-30(36-35-21-34-29)43-28-12-11-24(33)15-26(28)31(42)40(10-3)23(6)7/h11-12,15,21-23,25,27,41H,8-10,13-14,16-20H2,1-7H3. The number of hydrogen-bond donors (Lipinski definition) is 1. The van der Waals surface area contributed by atoms with E-state index in [2.05, 4.69) is 57.6 Å². The molecule has 2 saturated heterocycles. The number of likely N-dealkylation sites (N-methyl/N-ethyl adjacent to an activating group) is 1. The summed E-state index contributed by atoms with van der Waals surface area (Å²) in [5, 5.41) is 19.0. The SMILES string of the molecule is CCN(CC)CC(O)CC(C(C)C)N1CC2(CCN(c3ncnnc3Oc3ccc(F)cc3C(=O)N(CC)C(C)C)C2)C1. The summed E-state index contributed by atoms with van der Waals surface area (Å²) >= 11 is 0. The Hall–Kier alpha value is -2.89. The van der Waals surface area contributed by atoms with Crippen LogP contribution in [0, 0.1) is 17.2 Å². The maximum atomic E-state index is 14.3. The first-order valence-electron chi connectivity index (χ1n) is 15.9. The molecule has 11 heteroatoms. The molecule has 2 aliphatic rings. The first-order valence-corrected chi connectivity index (χ1v) is 15.9. The van der Waals surface area contributed by atoms with Crippen molar-refractivity contribution in [2.24, 2.45) is 11.3 Å². The number of benzene rings is 1. The van der Waals surface area contributed by atoms with Crippen molar-refractivity contribution in [2.75, 3.05) is 57.3 Å². The normalized spacial score (nSPS) is 18.0. The zero-order valence-electron chi connectivity index (χ0n) is 27.0. The van der Waals surface area contributed by atoms with Gasteiger partial charge < -0.3 is 24.5 Å². The zero-order valence-corrected chi connectivity index (χ0v) is 27.0. The third-order valence-corrected chi connectivity index (χ3v) is 9.11. The fourth-order valence-corrected chi connectivity index (χ4v) is 6.70. The zero-order chi connectivity index (χ0) is 31.3. The van der Waals surface area contributed by atoms with Crippen LogP contribution in [-0.2, 0) is 0 Å². The van der Waals surface area contributed by atoms with Crippen LogP contribution in [0.25, 0.3) is 0 Å². The van der Waals surface area contributed by atoms with Crippen molar-refractivity contribution in [3.63, 3.8) is 0 Å². The van der Waals surface area contributed by atoms with E-state index in [1.54, 1.807) is 4.90 Å². The number of carbonyl (C=O) groups is 1. The minimum absolute atomic E-state index is 0.0499. The van der Waals surface area contributed by atoms with E-state index in [0.717, 1.165) is 52.1 Å². The van der Waals surface area contributed by atoms with Crippen LogP contribution in [0.1, 0.15) is 71.7 Å². The van der Waals surface area contributed by atoms with Crippen LogP contribution in [0.3, 0.4) is 0 Å². The predicted molar refractivity (Wildman–Crippen MR) is 166 cm³/mol. The van der Waals surface area contributed by atoms with Crippen LogP contribution >= 0.6 is 0 Å². The van der Waals surface area contributed by atoms with Gasteiger partial charge >= 0.3 is 0 Å². The number of nitrogens with zero attached hydrogens (tertiary/aromatic N) is 7. The monoisotopic (exact) mass is 599 g/mol. The maximum absolute atomic E-state index is 14.3. The van der Waals surface area contributed by atoms with E-state index in [4.69, 9.17) is 4.74 Å². The van der Waals surface area contributed by atoms with Gasteiger partial charge in [-0.1, -0.05) is 27.7 Å². The van der Waals surface area contributed by atoms with Crippen LogP contribution in [-0.4, -0.2) is 111 Å². The second-order valence-electron chi connectivity index (χ2n) is 12.8. The molecule has 238 valence electrons. The number of halogens is 1. The summed E-state index contributed by atoms with van der Waals surface area (Å²) in [7, 11) is 0. The number of aliphatic hydroxyl groups excluding tert-OH is 1. The summed E-state index contributed by atoms with van der Waals surface area (Å²) in [6.45, 7) is 21.1. The molecule has 0 bridgehead atoms. The first-order chi connectivity index (χ1) is 20.5. The van der Waals surface area contributed by atoms with Crippen molar-refractivity contribution in [3.05, 3.63) is 35.9 Å². The van der Waals surface area contributed by atoms with Crippen LogP contribution in [0.5, 0.6) is 11.6 Å². The van der Waals surface area contributed by atoms with Gasteiger partial charge in [0.2, 0.25) is 0 Å². The Morgan fingerprint density at radius 1 is 1.12 bits per heavy atom. The van der Waals surface area contributed by atoms with Crippen LogP contribution in [0.4, 0.5) is 10.2 Å². The summed E-state index contributed by atoms with van der Waals surface area (Å²) < 4.78 is 20.4. The molecule has 1 amide bonds. The minimum atomic E-state index is -0.510. The molecule has 2 fully saturated rings. The van der Waals surface area contributed by atoms with Gasteiger partial charge in [-0.3, -0.25) is 9.69 Å². The summed E-state index contributed by atoms with van der Waals surface area (Å²) in [6.07, 6.45) is 2.84. The highest BCUT2D eigenvalue weighted by Gasteiger charge is 2.50. The summed E-state index contributed by atoms with van der Waals surface area (Å²) in [5.41, 5.74) is 0.275. The van der Waals surface area contributed by atoms with Crippen LogP contribution in [0.15, 0.2) is 24.5 Å². The van der Waals surface area contributed by atoms with Gasteiger partial charge in [0.05, 0.1) is 11.7 Å². The van der Waals surface area contributed by atoms with Crippen molar-refractivity contribution in [3.8, 4) is 11.6 Å². The van der Waals surface area contributed by atoms with E-state index in [1.165, 1.54) is 24.5 Å². The van der Waals surface area contributed by atoms with Crippen molar-refractivity contribution in [2.45, 2.75) is 79.5 Å². The maximum Gasteiger partial charge on any atom is 0.282 e. The lowest BCUT2D eigenvalue weighted by Gasteiger charge is -2.53. The highest BCUT2D eigenvalue weighted by atomic mass is 19.1. The largest absolute Gasteiger partial charge is 0.434 e. The molecule has 3 heterocycles. The lowest BCUT2D eigenvalue weighted by molar-refractivity contribution is -0.0485. The third kappa shape index (κ3) is 7.61. The molecule has 10 nitrogen and oxygen atoms in total. The molecule has 1 N–H and O–H groups in total. The van der Waals surface area contributed by atoms with Gasteiger partial charge in [-0.15, -0.1) is 10.2 Å². The number of ether oxygens (including phenoxy) is 1. The fraction of sp³-hybridized carbons (Fsp3) is 0.688. The number of amides is 1. The second kappa shape index (κ2) is 14.3. The summed E-state index contributed by atoms with van der Waals surface area (Å²) in [4.78, 5) is 26.5. The van der Waals surface area contributed by atoms with Gasteiger partial charge in [0.15, 0.2) is 5.82 Å². The van der Waals surface area contributed by atoms with Gasteiger partial charge in [-0.25, -0.2) is 9.37 Å². The van der Waals surface area contributed by atoms with E-state index in [1.807, 2.05) is 20.8 Å². The number of likely N-dealkylation sites (tertiary alicyclic amines) is 1. The fourth-order valence-electron chi connectivity index (χ4n) is 6.70. The molecule has 0 saturated carbocycles. The Morgan fingerprint density at radius 3 is 2.47 bits per heavy atom. The number of aromatic nitrogens is 3. The molecule has 43 heavy (non-hydrogen) atoms. The van der Waals surface area contributed by atoms with Gasteiger partial charge in [-0.2, -0.15) is 0 Å². The average Bonchev–Trinajstić information content (AvgIpc) is 3.41. The van der Waals surface area contributed by atoms with E-state index < -0.39 is 5.82 Å². The van der Waals surface area contributed by atoms with Crippen LogP contribution < -0.4 is 9.64 Å². The Bertz CT molecular complexity index is 1220. The lowest BCUT2D eigenvalue weighted by Crippen LogP contribution is -2.62. The van der Waals surface area contributed by atoms with Crippen molar-refractivity contribution >= 4 is 11.7 Å². The first kappa shape index (κ1) is 33.0. The Balaban J connectivity index is 1.45. The number of aliphatic hydroxyl groups is 1. The van der Waals surface area contributed by atoms with E-state index in [0.29, 0.717) is 30.9 Å². The van der Waals surface area contributed by atoms with E-state index in [-0.39, 0.29) is 40.7 Å². The summed E-state index contributed by atoms with van der Waals surface area (Å²) in [6, 6.07) is 4.23. The van der Waals surface area contributed by atoms with Crippen molar-refractivity contribution in [1.29, 1.82) is 0 Å². The Morgan fingerprint density at radius 2 is 1.84 bits per heavy atom. The smallest absolute Gasteiger partial charge is 0.282 e. The second-order valence-corrected chi connectivity index (χ2v) is 12.8. The van der Waals surface area contributed by atoms with Gasteiger partial charge in [0.1, 0.15) is 17.9 Å². The number of anilines is 1. The van der Waals surface area contributed by atoms with Crippen LogP contribution in [0.2, 0.25) is 0 Å². The molecule has 2 unspecified atom stereocenters. The van der Waals surface area contributed by atoms with Gasteiger partial charge in [-0.05, 0) is 70.8 Å². The molecule has 2 atom stereocenters. The Labute approximate surface area is 256 Å². The lowest BCUT2D eigenvalue weighted by atomic mass is 9.76. The highest BCUT2D eigenvalue weighted by Crippen LogP contribution is 2.44. The van der Waals surface area contributed by atoms with Crippen molar-refractivity contribution in [1.82, 2.24) is 29.9 Å². The molecule has 2 aliphatic heterocycles. The molecule has 1 spiro atoms. The number of rotatable bonds is 14. The van der Waals surface area contributed by atoms with E-state index in [9.17, 15) is 14.3 Å². The highest BCUT2D eigenvalue weighted by molar-refractivity contribution is 5.97. The Kier molecular flexibility index (Phi) is 10.9. The van der Waals surface area contributed by atoms with Gasteiger partial charge in [0, 0.05) is 56.8 Å². The number of hydrogen-bond acceptors (Lipinski definition) is 9. The molecule has 2 aromatic rings. The predicted octanol–water partition coefficient (Wildman–Crippen LogP) is 4.30. The van der Waals surface area contributed by atoms with Crippen molar-refractivity contribution < 1.29 is 19.0 Å². The third-order valence-electron chi connectivity index (χ3n) is 9.11. The van der Waals surface area contributed by atoms with Gasteiger partial charge in [0.25, 0.3) is 11.8 Å². The molecule has 1 aromatic heterocycles. The topological polar surface area (TPSA) is 98.2 Å². The summed E-state index contributed by atoms with van der Waals surface area (Å²) in [5.74, 6) is 0.620. The molecule has 0 aliphatic carbocycles. The number of carbonyl (C=O) groups excluding carboxylic acids is 1.